The standard InChI is InChI=1S/C35H55N3O9/c1-13-27-34(8,47-33(42)38-15-14-36-19-38)17-20(2)28(39)21(3)18-35(9,43-12)30(24(6)29(40)25(7)31(41)45-27)46-32-23(5)26(37(10)11)16-22(4)44-32/h14-15,17,19,21-27,30,32H,13,16,18H2,1-12H3/b20-17+/t21-,22-,23?,24?,25-,26+,27-,30-,32+,34+,35-/m1/s1. The fraction of sp³-hybridized carbons (Fsp3) is 0.743. The summed E-state index contributed by atoms with van der Waals surface area (Å²) in [7, 11) is 5.57. The molecule has 47 heavy (non-hydrogen) atoms. The second kappa shape index (κ2) is 15.5. The van der Waals surface area contributed by atoms with Gasteiger partial charge in [0.25, 0.3) is 0 Å². The van der Waals surface area contributed by atoms with Gasteiger partial charge in [0.2, 0.25) is 0 Å². The van der Waals surface area contributed by atoms with Crippen LogP contribution in [0, 0.1) is 23.7 Å². The molecule has 0 aromatic carbocycles. The van der Waals surface area contributed by atoms with Crippen LogP contribution in [0.5, 0.6) is 0 Å². The summed E-state index contributed by atoms with van der Waals surface area (Å²) in [5.41, 5.74) is -2.36. The number of hydrogen-bond donors (Lipinski definition) is 0. The number of esters is 1. The van der Waals surface area contributed by atoms with Crippen LogP contribution in [0.2, 0.25) is 0 Å². The minimum Gasteiger partial charge on any atom is -0.457 e. The number of rotatable bonds is 6. The fourth-order valence-electron chi connectivity index (χ4n) is 7.13. The second-order valence-electron chi connectivity index (χ2n) is 14.1. The van der Waals surface area contributed by atoms with Crippen molar-refractivity contribution in [2.75, 3.05) is 21.2 Å². The van der Waals surface area contributed by atoms with Gasteiger partial charge in [-0.1, -0.05) is 27.7 Å². The predicted molar refractivity (Wildman–Crippen MR) is 174 cm³/mol. The second-order valence-corrected chi connectivity index (χ2v) is 14.1. The van der Waals surface area contributed by atoms with Crippen LogP contribution >= 0.6 is 0 Å². The molecule has 264 valence electrons. The van der Waals surface area contributed by atoms with Crippen LogP contribution in [0.1, 0.15) is 81.6 Å². The van der Waals surface area contributed by atoms with E-state index in [1.807, 2.05) is 27.9 Å². The van der Waals surface area contributed by atoms with E-state index in [0.717, 1.165) is 11.0 Å². The van der Waals surface area contributed by atoms with Crippen LogP contribution in [0.15, 0.2) is 30.4 Å². The molecule has 2 unspecified atom stereocenters. The summed E-state index contributed by atoms with van der Waals surface area (Å²) in [5.74, 6) is -4.05. The van der Waals surface area contributed by atoms with Crippen LogP contribution < -0.4 is 0 Å². The summed E-state index contributed by atoms with van der Waals surface area (Å²) in [6.45, 7) is 15.9. The van der Waals surface area contributed by atoms with E-state index in [2.05, 4.69) is 16.8 Å². The van der Waals surface area contributed by atoms with E-state index in [-0.39, 0.29) is 36.7 Å². The first-order chi connectivity index (χ1) is 21.9. The molecule has 2 aliphatic heterocycles. The Hall–Kier alpha value is -2.93. The zero-order valence-corrected chi connectivity index (χ0v) is 30.1. The average molecular weight is 662 g/mol. The first-order valence-corrected chi connectivity index (χ1v) is 16.6. The molecular weight excluding hydrogens is 606 g/mol. The van der Waals surface area contributed by atoms with Gasteiger partial charge < -0.3 is 28.6 Å². The van der Waals surface area contributed by atoms with Crippen molar-refractivity contribution in [3.8, 4) is 0 Å². The summed E-state index contributed by atoms with van der Waals surface area (Å²) in [4.78, 5) is 60.9. The Bertz CT molecular complexity index is 1300. The summed E-state index contributed by atoms with van der Waals surface area (Å²) in [6.07, 6.45) is 3.54. The smallest absolute Gasteiger partial charge is 0.420 e. The number of cyclic esters (lactones) is 1. The van der Waals surface area contributed by atoms with Gasteiger partial charge in [0.15, 0.2) is 23.5 Å². The number of carbonyl (C=O) groups excluding carboxylic acids is 4. The normalized spacial score (nSPS) is 39.1. The lowest BCUT2D eigenvalue weighted by molar-refractivity contribution is -0.280. The number of imidazole rings is 1. The fourth-order valence-corrected chi connectivity index (χ4v) is 7.13. The molecule has 0 aliphatic carbocycles. The van der Waals surface area contributed by atoms with Crippen molar-refractivity contribution in [2.45, 2.75) is 123 Å². The van der Waals surface area contributed by atoms with Crippen LogP contribution in [-0.4, -0.2) is 101 Å². The lowest BCUT2D eigenvalue weighted by Gasteiger charge is -2.47. The maximum Gasteiger partial charge on any atom is 0.420 e. The highest BCUT2D eigenvalue weighted by atomic mass is 16.7. The maximum absolute atomic E-state index is 14.1. The van der Waals surface area contributed by atoms with Crippen molar-refractivity contribution in [3.05, 3.63) is 30.4 Å². The van der Waals surface area contributed by atoms with Gasteiger partial charge in [-0.2, -0.15) is 0 Å². The molecule has 12 heteroatoms. The van der Waals surface area contributed by atoms with E-state index in [1.165, 1.54) is 38.8 Å². The van der Waals surface area contributed by atoms with E-state index in [9.17, 15) is 19.2 Å². The van der Waals surface area contributed by atoms with Crippen molar-refractivity contribution in [3.63, 3.8) is 0 Å². The molecule has 0 spiro atoms. The lowest BCUT2D eigenvalue weighted by Crippen LogP contribution is -2.57. The molecule has 0 radical (unpaired) electrons. The van der Waals surface area contributed by atoms with Gasteiger partial charge in [-0.3, -0.25) is 14.4 Å². The Labute approximate surface area is 279 Å². The first kappa shape index (κ1) is 38.5. The highest BCUT2D eigenvalue weighted by molar-refractivity contribution is 6.00. The van der Waals surface area contributed by atoms with Crippen LogP contribution in [0.25, 0.3) is 0 Å². The molecule has 0 bridgehead atoms. The monoisotopic (exact) mass is 661 g/mol. The molecule has 1 fully saturated rings. The van der Waals surface area contributed by atoms with Crippen LogP contribution in [-0.2, 0) is 38.1 Å². The largest absolute Gasteiger partial charge is 0.457 e. The van der Waals surface area contributed by atoms with Crippen molar-refractivity contribution in [1.82, 2.24) is 14.5 Å². The van der Waals surface area contributed by atoms with Crippen molar-refractivity contribution in [2.24, 2.45) is 23.7 Å². The number of ketones is 2. The molecule has 3 rings (SSSR count). The van der Waals surface area contributed by atoms with Gasteiger partial charge in [-0.15, -0.1) is 0 Å². The third-order valence-electron chi connectivity index (χ3n) is 10.0. The summed E-state index contributed by atoms with van der Waals surface area (Å²) >= 11 is 0. The van der Waals surface area contributed by atoms with E-state index in [1.54, 1.807) is 34.6 Å². The SMILES string of the molecule is CC[C@H]1OC(=O)[C@H](C)C(=O)C(C)[C@@H](O[C@@H]2O[C@H](C)C[C@H](N(C)C)C2C)[C@](C)(OC)C[C@@H](C)C(=O)/C(C)=C/[C@]1(C)OC(=O)n1ccnc1. The van der Waals surface area contributed by atoms with E-state index in [0.29, 0.717) is 5.57 Å². The van der Waals surface area contributed by atoms with Crippen molar-refractivity contribution < 1.29 is 42.9 Å². The number of hydrogen-bond acceptors (Lipinski definition) is 11. The molecule has 1 aromatic rings. The Morgan fingerprint density at radius 2 is 1.79 bits per heavy atom. The Balaban J connectivity index is 2.10. The molecular formula is C35H55N3O9. The van der Waals surface area contributed by atoms with E-state index in [4.69, 9.17) is 23.7 Å². The maximum atomic E-state index is 14.1. The molecule has 0 saturated carbocycles. The predicted octanol–water partition coefficient (Wildman–Crippen LogP) is 4.84. The molecule has 1 aromatic heterocycles. The Kier molecular flexibility index (Phi) is 12.7. The van der Waals surface area contributed by atoms with Crippen molar-refractivity contribution in [1.29, 1.82) is 0 Å². The Morgan fingerprint density at radius 3 is 2.34 bits per heavy atom. The van der Waals surface area contributed by atoms with Crippen molar-refractivity contribution >= 4 is 23.6 Å². The van der Waals surface area contributed by atoms with Gasteiger partial charge in [0, 0.05) is 43.3 Å². The number of nitrogens with zero attached hydrogens (tertiary/aromatic N) is 3. The van der Waals surface area contributed by atoms with Crippen LogP contribution in [0.3, 0.4) is 0 Å². The van der Waals surface area contributed by atoms with E-state index < -0.39 is 65.3 Å². The van der Waals surface area contributed by atoms with E-state index >= 15 is 0 Å². The highest BCUT2D eigenvalue weighted by Crippen LogP contribution is 2.38. The third-order valence-corrected chi connectivity index (χ3v) is 10.0. The van der Waals surface area contributed by atoms with Gasteiger partial charge in [-0.25, -0.2) is 14.3 Å². The molecule has 0 N–H and O–H groups in total. The number of ether oxygens (including phenoxy) is 5. The summed E-state index contributed by atoms with van der Waals surface area (Å²) in [6, 6.07) is 0.174. The Morgan fingerprint density at radius 1 is 1.13 bits per heavy atom. The molecule has 11 atom stereocenters. The van der Waals surface area contributed by atoms with Gasteiger partial charge in [0.05, 0.1) is 17.8 Å². The quantitative estimate of drug-likeness (QED) is 0.306. The summed E-state index contributed by atoms with van der Waals surface area (Å²) in [5, 5.41) is 0. The molecule has 3 heterocycles. The average Bonchev–Trinajstić information content (AvgIpc) is 3.57. The third kappa shape index (κ3) is 8.57. The zero-order valence-electron chi connectivity index (χ0n) is 30.1. The highest BCUT2D eigenvalue weighted by Gasteiger charge is 2.49. The molecule has 1 saturated heterocycles. The van der Waals surface area contributed by atoms with Crippen LogP contribution in [0.4, 0.5) is 4.79 Å². The number of carbonyl (C=O) groups is 4. The van der Waals surface area contributed by atoms with Gasteiger partial charge >= 0.3 is 12.1 Å². The minimum atomic E-state index is -1.55. The number of allylic oxidation sites excluding steroid dienone is 1. The lowest BCUT2D eigenvalue weighted by atomic mass is 9.76. The molecule has 12 nitrogen and oxygen atoms in total. The number of Topliss-reactive ketones (excluding diaryl/α,β-unsaturated/α-hetero) is 2. The first-order valence-electron chi connectivity index (χ1n) is 16.6. The van der Waals surface area contributed by atoms with Gasteiger partial charge in [-0.05, 0) is 79.6 Å². The molecule has 0 amide bonds. The van der Waals surface area contributed by atoms with Gasteiger partial charge in [0.1, 0.15) is 18.3 Å². The summed E-state index contributed by atoms with van der Waals surface area (Å²) < 4.78 is 32.2. The number of aromatic nitrogens is 2. The molecule has 2 aliphatic rings. The zero-order chi connectivity index (χ0) is 35.4. The topological polar surface area (TPSA) is 135 Å². The number of methoxy groups -OCH3 is 1. The minimum absolute atomic E-state index is 0.0441.